The summed E-state index contributed by atoms with van der Waals surface area (Å²) in [4.78, 5) is 45.5. The number of carbonyl (C=O) groups is 4. The molecule has 0 heterocycles. The molecule has 0 spiro atoms. The van der Waals surface area contributed by atoms with E-state index in [0.29, 0.717) is 36.9 Å². The molecule has 6 nitrogen and oxygen atoms in total. The van der Waals surface area contributed by atoms with Crippen molar-refractivity contribution in [1.82, 2.24) is 0 Å². The average molecular weight is 641 g/mol. The molecule has 0 aromatic carbocycles. The molecule has 0 aromatic rings. The largest absolute Gasteiger partial charge is 0.463 e. The van der Waals surface area contributed by atoms with Crippen LogP contribution in [-0.4, -0.2) is 37.7 Å². The molecule has 4 saturated carbocycles. The Morgan fingerprint density at radius 3 is 0.935 bits per heavy atom. The highest BCUT2D eigenvalue weighted by molar-refractivity contribution is 5.88. The van der Waals surface area contributed by atoms with Crippen LogP contribution in [0.4, 0.5) is 0 Å². The molecule has 0 amide bonds. The van der Waals surface area contributed by atoms with Crippen molar-refractivity contribution < 1.29 is 28.7 Å². The monoisotopic (exact) mass is 640 g/mol. The zero-order valence-electron chi connectivity index (χ0n) is 29.5. The molecule has 4 aliphatic rings. The predicted octanol–water partition coefficient (Wildman–Crippen LogP) is 9.40. The second-order valence-corrected chi connectivity index (χ2v) is 14.5. The molecular weight excluding hydrogens is 576 g/mol. The number of carbonyl (C=O) groups excluding carboxylic acids is 4. The summed E-state index contributed by atoms with van der Waals surface area (Å²) in [5.41, 5.74) is 1.70. The molecule has 0 aromatic heterocycles. The third kappa shape index (κ3) is 12.1. The van der Waals surface area contributed by atoms with Crippen LogP contribution in [0.1, 0.15) is 143 Å². The Balaban J connectivity index is 0.000000300. The molecule has 0 aliphatic heterocycles. The summed E-state index contributed by atoms with van der Waals surface area (Å²) >= 11 is 0. The lowest BCUT2D eigenvalue weighted by Crippen LogP contribution is -2.26. The van der Waals surface area contributed by atoms with Gasteiger partial charge >= 0.3 is 11.9 Å². The van der Waals surface area contributed by atoms with E-state index < -0.39 is 0 Å². The van der Waals surface area contributed by atoms with Crippen molar-refractivity contribution in [2.45, 2.75) is 143 Å². The van der Waals surface area contributed by atoms with Crippen molar-refractivity contribution in [3.05, 3.63) is 23.3 Å². The van der Waals surface area contributed by atoms with E-state index in [-0.39, 0.29) is 11.9 Å². The zero-order valence-corrected chi connectivity index (χ0v) is 29.5. The van der Waals surface area contributed by atoms with Crippen molar-refractivity contribution in [1.29, 1.82) is 0 Å². The molecule has 0 bridgehead atoms. The fourth-order valence-corrected chi connectivity index (χ4v) is 8.75. The number of allylic oxidation sites excluding steroid dienone is 2. The average Bonchev–Trinajstić information content (AvgIpc) is 3.10. The zero-order chi connectivity index (χ0) is 33.3. The van der Waals surface area contributed by atoms with E-state index in [2.05, 4.69) is 12.2 Å². The molecule has 4 aliphatic carbocycles. The number of hydrogen-bond acceptors (Lipinski definition) is 6. The molecular formula is C40H64O6. The van der Waals surface area contributed by atoms with Gasteiger partial charge < -0.3 is 19.1 Å². The molecule has 6 heteroatoms. The van der Waals surface area contributed by atoms with E-state index in [4.69, 9.17) is 9.47 Å². The van der Waals surface area contributed by atoms with Crippen molar-refractivity contribution in [2.75, 3.05) is 13.2 Å². The molecule has 46 heavy (non-hydrogen) atoms. The van der Waals surface area contributed by atoms with Gasteiger partial charge in [0.2, 0.25) is 0 Å². The van der Waals surface area contributed by atoms with Gasteiger partial charge in [0.1, 0.15) is 12.6 Å². The van der Waals surface area contributed by atoms with E-state index >= 15 is 0 Å². The first-order valence-electron chi connectivity index (χ1n) is 19.0. The Labute approximate surface area is 279 Å². The number of aldehydes is 2. The minimum absolute atomic E-state index is 0.136. The Kier molecular flexibility index (Phi) is 17.3. The first-order valence-corrected chi connectivity index (χ1v) is 19.0. The van der Waals surface area contributed by atoms with E-state index in [1.807, 2.05) is 27.7 Å². The van der Waals surface area contributed by atoms with Crippen LogP contribution in [0.15, 0.2) is 23.3 Å². The predicted molar refractivity (Wildman–Crippen MR) is 184 cm³/mol. The quantitative estimate of drug-likeness (QED) is 0.120. The topological polar surface area (TPSA) is 86.7 Å². The molecule has 4 rings (SSSR count). The summed E-state index contributed by atoms with van der Waals surface area (Å²) in [5, 5.41) is 0. The Hall–Kier alpha value is -2.24. The number of esters is 2. The van der Waals surface area contributed by atoms with Crippen LogP contribution in [0.5, 0.6) is 0 Å². The van der Waals surface area contributed by atoms with Gasteiger partial charge in [-0.2, -0.15) is 0 Å². The summed E-state index contributed by atoms with van der Waals surface area (Å²) in [6, 6.07) is 0. The van der Waals surface area contributed by atoms with Gasteiger partial charge in [-0.1, -0.05) is 26.0 Å². The maximum Gasteiger partial charge on any atom is 0.333 e. The van der Waals surface area contributed by atoms with Crippen LogP contribution in [0.2, 0.25) is 0 Å². The fourth-order valence-electron chi connectivity index (χ4n) is 8.75. The molecule has 0 atom stereocenters. The van der Waals surface area contributed by atoms with Crippen LogP contribution < -0.4 is 0 Å². The second kappa shape index (κ2) is 20.9. The van der Waals surface area contributed by atoms with Crippen LogP contribution in [0, 0.1) is 47.3 Å². The van der Waals surface area contributed by atoms with Gasteiger partial charge in [-0.15, -0.1) is 0 Å². The SMILES string of the molecule is CCOC(=O)/C(=C/C1CCC(C2CCC(/C=C(\CC)C(=O)OCC)CC2)CC1)CC.O=CC1CCC(C2CCC(C=O)CC2)CC1. The maximum atomic E-state index is 12.0. The van der Waals surface area contributed by atoms with E-state index in [1.165, 1.54) is 77.0 Å². The van der Waals surface area contributed by atoms with Crippen molar-refractivity contribution in [2.24, 2.45) is 47.3 Å². The van der Waals surface area contributed by atoms with Gasteiger partial charge in [-0.3, -0.25) is 0 Å². The second-order valence-electron chi connectivity index (χ2n) is 14.5. The molecule has 4 fully saturated rings. The highest BCUT2D eigenvalue weighted by Crippen LogP contribution is 2.43. The lowest BCUT2D eigenvalue weighted by molar-refractivity contribution is -0.139. The standard InChI is InChI=1S/C26H42O4.C14H22O2/c1-5-21(25(27)29-7-3)17-19-9-13-23(14-10-19)24-15-11-20(12-16-24)18-22(6-2)26(28)30-8-4;15-9-11-1-5-13(6-2-11)14-7-3-12(10-16)4-8-14/h17-20,23-24H,5-16H2,1-4H3;9-14H,1-8H2/b21-17+,22-18+;. The lowest BCUT2D eigenvalue weighted by Gasteiger charge is -2.37. The van der Waals surface area contributed by atoms with Crippen molar-refractivity contribution >= 4 is 24.5 Å². The first-order chi connectivity index (χ1) is 22.3. The highest BCUT2D eigenvalue weighted by atomic mass is 16.5. The van der Waals surface area contributed by atoms with Crippen LogP contribution in [-0.2, 0) is 28.7 Å². The summed E-state index contributed by atoms with van der Waals surface area (Å²) in [5.74, 6) is 4.77. The van der Waals surface area contributed by atoms with Crippen LogP contribution >= 0.6 is 0 Å². The molecule has 0 N–H and O–H groups in total. The Morgan fingerprint density at radius 2 is 0.717 bits per heavy atom. The Bertz CT molecular complexity index is 901. The minimum atomic E-state index is -0.136. The smallest absolute Gasteiger partial charge is 0.333 e. The van der Waals surface area contributed by atoms with Crippen LogP contribution in [0.3, 0.4) is 0 Å². The minimum Gasteiger partial charge on any atom is -0.463 e. The van der Waals surface area contributed by atoms with Crippen molar-refractivity contribution in [3.8, 4) is 0 Å². The van der Waals surface area contributed by atoms with E-state index in [9.17, 15) is 19.2 Å². The lowest BCUT2D eigenvalue weighted by atomic mass is 9.69. The fraction of sp³-hybridized carbons (Fsp3) is 0.800. The van der Waals surface area contributed by atoms with Crippen LogP contribution in [0.25, 0.3) is 0 Å². The summed E-state index contributed by atoms with van der Waals surface area (Å²) in [7, 11) is 0. The summed E-state index contributed by atoms with van der Waals surface area (Å²) < 4.78 is 10.4. The van der Waals surface area contributed by atoms with Gasteiger partial charge in [-0.25, -0.2) is 9.59 Å². The number of hydrogen-bond donors (Lipinski definition) is 0. The normalized spacial score (nSPS) is 32.3. The summed E-state index contributed by atoms with van der Waals surface area (Å²) in [6.45, 7) is 8.68. The molecule has 260 valence electrons. The third-order valence-electron chi connectivity index (χ3n) is 11.7. The van der Waals surface area contributed by atoms with Gasteiger partial charge in [0.15, 0.2) is 0 Å². The van der Waals surface area contributed by atoms with Gasteiger partial charge in [0.05, 0.1) is 13.2 Å². The van der Waals surface area contributed by atoms with E-state index in [1.54, 1.807) is 0 Å². The maximum absolute atomic E-state index is 12.0. The van der Waals surface area contributed by atoms with Gasteiger partial charge in [0.25, 0.3) is 0 Å². The third-order valence-corrected chi connectivity index (χ3v) is 11.7. The molecule has 0 radical (unpaired) electrons. The summed E-state index contributed by atoms with van der Waals surface area (Å²) in [6.07, 6.45) is 27.4. The Morgan fingerprint density at radius 1 is 0.457 bits per heavy atom. The number of rotatable bonds is 12. The first kappa shape index (κ1) is 38.2. The number of ether oxygens (including phenoxy) is 2. The van der Waals surface area contributed by atoms with Crippen molar-refractivity contribution in [3.63, 3.8) is 0 Å². The van der Waals surface area contributed by atoms with E-state index in [0.717, 1.165) is 85.9 Å². The highest BCUT2D eigenvalue weighted by Gasteiger charge is 2.32. The molecule has 0 saturated heterocycles. The van der Waals surface area contributed by atoms with Gasteiger partial charge in [0, 0.05) is 23.0 Å². The van der Waals surface area contributed by atoms with Gasteiger partial charge in [-0.05, 0) is 165 Å². The molecule has 0 unspecified atom stereocenters.